The number of thioether (sulfide) groups is 1. The smallest absolute Gasteiger partial charge is 0.187 e. The van der Waals surface area contributed by atoms with Crippen LogP contribution < -0.4 is 5.73 Å². The second-order valence-corrected chi connectivity index (χ2v) is 7.46. The van der Waals surface area contributed by atoms with Crippen molar-refractivity contribution in [2.75, 3.05) is 11.5 Å². The van der Waals surface area contributed by atoms with Gasteiger partial charge in [-0.15, -0.1) is 0 Å². The van der Waals surface area contributed by atoms with E-state index >= 15 is 0 Å². The van der Waals surface area contributed by atoms with Crippen LogP contribution in [0.25, 0.3) is 11.0 Å². The van der Waals surface area contributed by atoms with Gasteiger partial charge >= 0.3 is 0 Å². The van der Waals surface area contributed by atoms with Gasteiger partial charge in [0.25, 0.3) is 0 Å². The van der Waals surface area contributed by atoms with Crippen LogP contribution in [0.2, 0.25) is 0 Å². The van der Waals surface area contributed by atoms with Crippen molar-refractivity contribution in [3.05, 3.63) is 36.0 Å². The van der Waals surface area contributed by atoms with E-state index in [-0.39, 0.29) is 0 Å². The van der Waals surface area contributed by atoms with E-state index < -0.39 is 0 Å². The van der Waals surface area contributed by atoms with E-state index in [0.29, 0.717) is 5.82 Å². The number of nitrogens with zero attached hydrogens (tertiary/aromatic N) is 5. The Morgan fingerprint density at radius 1 is 1.12 bits per heavy atom. The van der Waals surface area contributed by atoms with E-state index in [1.54, 1.807) is 24.2 Å². The number of hydrogen-bond acceptors (Lipinski definition) is 6. The molecule has 0 bridgehead atoms. The van der Waals surface area contributed by atoms with E-state index in [2.05, 4.69) is 33.4 Å². The predicted molar refractivity (Wildman–Crippen MR) is 107 cm³/mol. The molecule has 0 spiro atoms. The number of nitrogens with two attached hydrogens (primary N) is 1. The molecule has 0 saturated carbocycles. The molecule has 0 aliphatic heterocycles. The minimum atomic E-state index is 0.529. The summed E-state index contributed by atoms with van der Waals surface area (Å²) in [5, 5.41) is 0.858. The molecular weight excluding hydrogens is 344 g/mol. The lowest BCUT2D eigenvalue weighted by Gasteiger charge is -2.10. The Labute approximate surface area is 158 Å². The summed E-state index contributed by atoms with van der Waals surface area (Å²) in [6, 6.07) is 1.84. The van der Waals surface area contributed by atoms with Crippen molar-refractivity contribution < 1.29 is 0 Å². The van der Waals surface area contributed by atoms with E-state index in [9.17, 15) is 0 Å². The molecular formula is C19H26N6S. The summed E-state index contributed by atoms with van der Waals surface area (Å²) in [4.78, 5) is 17.5. The Hall–Kier alpha value is -2.15. The average molecular weight is 371 g/mol. The molecule has 138 valence electrons. The monoisotopic (exact) mass is 370 g/mol. The zero-order valence-electron chi connectivity index (χ0n) is 15.5. The van der Waals surface area contributed by atoms with Crippen LogP contribution in [0.15, 0.2) is 29.8 Å². The highest BCUT2D eigenvalue weighted by Crippen LogP contribution is 2.25. The third-order valence-electron chi connectivity index (χ3n) is 4.33. The number of nitrogen functional groups attached to an aromatic ring is 1. The topological polar surface area (TPSA) is 82.5 Å². The fraction of sp³-hybridized carbons (Fsp3) is 0.474. The van der Waals surface area contributed by atoms with Gasteiger partial charge in [-0.2, -0.15) is 0 Å². The van der Waals surface area contributed by atoms with Crippen molar-refractivity contribution in [1.29, 1.82) is 0 Å². The van der Waals surface area contributed by atoms with Crippen LogP contribution in [-0.4, -0.2) is 30.3 Å². The number of anilines is 1. The highest BCUT2D eigenvalue weighted by Gasteiger charge is 2.14. The van der Waals surface area contributed by atoms with Crippen molar-refractivity contribution in [3.63, 3.8) is 0 Å². The molecule has 2 N–H and O–H groups in total. The van der Waals surface area contributed by atoms with Crippen LogP contribution in [0.1, 0.15) is 44.0 Å². The molecule has 0 saturated heterocycles. The van der Waals surface area contributed by atoms with Crippen LogP contribution in [-0.2, 0) is 13.0 Å². The molecule has 6 nitrogen and oxygen atoms in total. The standard InChI is InChI=1S/C19H26N6S/c1-3-8-15-24-16-17(14(2)13-23-18(16)20)25(15)11-5-4-6-12-26-19-21-9-7-10-22-19/h7,9-10,13H,3-6,8,11-12H2,1-2H3,(H2,20,23). The lowest BCUT2D eigenvalue weighted by atomic mass is 10.2. The Bertz CT molecular complexity index is 846. The maximum Gasteiger partial charge on any atom is 0.187 e. The Morgan fingerprint density at radius 3 is 2.69 bits per heavy atom. The third-order valence-corrected chi connectivity index (χ3v) is 5.29. The average Bonchev–Trinajstić information content (AvgIpc) is 3.02. The summed E-state index contributed by atoms with van der Waals surface area (Å²) in [6.45, 7) is 5.24. The van der Waals surface area contributed by atoms with Crippen molar-refractivity contribution in [2.45, 2.75) is 57.7 Å². The minimum Gasteiger partial charge on any atom is -0.382 e. The molecule has 0 amide bonds. The second-order valence-electron chi connectivity index (χ2n) is 6.39. The van der Waals surface area contributed by atoms with Crippen LogP contribution in [0.5, 0.6) is 0 Å². The predicted octanol–water partition coefficient (Wildman–Crippen LogP) is 4.03. The lowest BCUT2D eigenvalue weighted by Crippen LogP contribution is -2.05. The third kappa shape index (κ3) is 4.33. The summed E-state index contributed by atoms with van der Waals surface area (Å²) in [6.07, 6.45) is 10.9. The van der Waals surface area contributed by atoms with Gasteiger partial charge in [-0.3, -0.25) is 0 Å². The maximum atomic E-state index is 6.05. The largest absolute Gasteiger partial charge is 0.382 e. The van der Waals surface area contributed by atoms with E-state index in [4.69, 9.17) is 10.7 Å². The first-order valence-electron chi connectivity index (χ1n) is 9.20. The van der Waals surface area contributed by atoms with Crippen LogP contribution in [0.3, 0.4) is 0 Å². The highest BCUT2D eigenvalue weighted by atomic mass is 32.2. The molecule has 3 heterocycles. The fourth-order valence-electron chi connectivity index (χ4n) is 3.09. The molecule has 0 unspecified atom stereocenters. The molecule has 3 rings (SSSR count). The molecule has 3 aromatic heterocycles. The number of fused-ring (bicyclic) bond motifs is 1. The summed E-state index contributed by atoms with van der Waals surface area (Å²) in [5.41, 5.74) is 9.19. The Morgan fingerprint density at radius 2 is 1.92 bits per heavy atom. The van der Waals surface area contributed by atoms with Gasteiger partial charge in [-0.1, -0.05) is 25.1 Å². The van der Waals surface area contributed by atoms with Gasteiger partial charge in [-0.25, -0.2) is 19.9 Å². The first-order valence-corrected chi connectivity index (χ1v) is 10.2. The number of hydrogen-bond donors (Lipinski definition) is 1. The van der Waals surface area contributed by atoms with E-state index in [0.717, 1.165) is 65.6 Å². The van der Waals surface area contributed by atoms with E-state index in [1.165, 1.54) is 6.42 Å². The van der Waals surface area contributed by atoms with Gasteiger partial charge in [0.05, 0.1) is 5.52 Å². The first-order chi connectivity index (χ1) is 12.7. The van der Waals surface area contributed by atoms with Crippen molar-refractivity contribution >= 4 is 28.6 Å². The van der Waals surface area contributed by atoms with Gasteiger partial charge in [0.15, 0.2) is 11.0 Å². The molecule has 3 aromatic rings. The summed E-state index contributed by atoms with van der Waals surface area (Å²) in [7, 11) is 0. The molecule has 26 heavy (non-hydrogen) atoms. The Kier molecular flexibility index (Phi) is 6.44. The number of unbranched alkanes of at least 4 members (excludes halogenated alkanes) is 2. The minimum absolute atomic E-state index is 0.529. The van der Waals surface area contributed by atoms with Gasteiger partial charge < -0.3 is 10.3 Å². The molecule has 0 fully saturated rings. The molecule has 0 aromatic carbocycles. The van der Waals surface area contributed by atoms with Crippen molar-refractivity contribution in [1.82, 2.24) is 24.5 Å². The zero-order chi connectivity index (χ0) is 18.4. The van der Waals surface area contributed by atoms with E-state index in [1.807, 2.05) is 12.3 Å². The first kappa shape index (κ1) is 18.6. The SMILES string of the molecule is CCCc1nc2c(N)ncc(C)c2n1CCCCCSc1ncccn1. The maximum absolute atomic E-state index is 6.05. The Balaban J connectivity index is 1.59. The lowest BCUT2D eigenvalue weighted by molar-refractivity contribution is 0.589. The quantitative estimate of drug-likeness (QED) is 0.348. The van der Waals surface area contributed by atoms with Gasteiger partial charge in [0.2, 0.25) is 0 Å². The molecule has 7 heteroatoms. The summed E-state index contributed by atoms with van der Waals surface area (Å²) >= 11 is 1.72. The zero-order valence-corrected chi connectivity index (χ0v) is 16.3. The summed E-state index contributed by atoms with van der Waals surface area (Å²) < 4.78 is 2.35. The number of imidazole rings is 1. The van der Waals surface area contributed by atoms with Crippen molar-refractivity contribution in [2.24, 2.45) is 0 Å². The normalized spacial score (nSPS) is 11.3. The van der Waals surface area contributed by atoms with Crippen LogP contribution in [0, 0.1) is 6.92 Å². The number of pyridine rings is 1. The van der Waals surface area contributed by atoms with Crippen LogP contribution >= 0.6 is 11.8 Å². The number of aryl methyl sites for hydroxylation is 3. The molecule has 0 radical (unpaired) electrons. The fourth-order valence-corrected chi connectivity index (χ4v) is 3.90. The number of aromatic nitrogens is 5. The van der Waals surface area contributed by atoms with Gasteiger partial charge in [0, 0.05) is 37.3 Å². The molecule has 0 atom stereocenters. The molecule has 0 aliphatic carbocycles. The van der Waals surface area contributed by atoms with Crippen LogP contribution in [0.4, 0.5) is 5.82 Å². The number of rotatable bonds is 9. The van der Waals surface area contributed by atoms with Gasteiger partial charge in [-0.05, 0) is 37.8 Å². The summed E-state index contributed by atoms with van der Waals surface area (Å²) in [5.74, 6) is 2.70. The van der Waals surface area contributed by atoms with Crippen molar-refractivity contribution in [3.8, 4) is 0 Å². The van der Waals surface area contributed by atoms with Gasteiger partial charge in [0.1, 0.15) is 11.3 Å². The second kappa shape index (κ2) is 8.98. The highest BCUT2D eigenvalue weighted by molar-refractivity contribution is 7.99. The molecule has 0 aliphatic rings.